The molecule has 9 heteroatoms. The molecule has 1 amide bonds. The number of nitrogens with one attached hydrogen (secondary N) is 1. The maximum absolute atomic E-state index is 13.0. The normalized spacial score (nSPS) is 24.2. The van der Waals surface area contributed by atoms with Crippen LogP contribution in [-0.4, -0.2) is 49.3 Å². The van der Waals surface area contributed by atoms with Crippen LogP contribution in [0.25, 0.3) is 0 Å². The van der Waals surface area contributed by atoms with E-state index in [-0.39, 0.29) is 18.3 Å². The first-order valence-corrected chi connectivity index (χ1v) is 8.10. The number of carbonyl (C=O) groups is 1. The molecule has 2 aliphatic heterocycles. The molecule has 0 aromatic rings. The molecule has 1 unspecified atom stereocenters. The Bertz CT molecular complexity index is 442. The minimum Gasteiger partial charge on any atom is -0.341 e. The van der Waals surface area contributed by atoms with Crippen molar-refractivity contribution in [2.75, 3.05) is 26.2 Å². The van der Waals surface area contributed by atoms with Crippen LogP contribution in [0.2, 0.25) is 0 Å². The minimum atomic E-state index is -5.42. The van der Waals surface area contributed by atoms with Gasteiger partial charge >= 0.3 is 12.4 Å². The van der Waals surface area contributed by atoms with Gasteiger partial charge < -0.3 is 10.2 Å². The molecule has 2 saturated heterocycles. The monoisotopic (exact) mass is 360 g/mol. The summed E-state index contributed by atoms with van der Waals surface area (Å²) in [6, 6.07) is 0. The third kappa shape index (κ3) is 3.65. The summed E-state index contributed by atoms with van der Waals surface area (Å²) in [5, 5.41) is 3.18. The quantitative estimate of drug-likeness (QED) is 0.783. The molecular formula is C15H22F6N2O. The molecular weight excluding hydrogens is 338 g/mol. The highest BCUT2D eigenvalue weighted by atomic mass is 19.4. The SMILES string of the molecule is CC(CC(=O)N1CCC(C(F)(F)F)(C(F)(F)F)C1)C1CCNCC1. The summed E-state index contributed by atoms with van der Waals surface area (Å²) in [4.78, 5) is 13.0. The Morgan fingerprint density at radius 3 is 2.17 bits per heavy atom. The number of likely N-dealkylation sites (tertiary alicyclic amines) is 1. The second kappa shape index (κ2) is 6.72. The highest BCUT2D eigenvalue weighted by Crippen LogP contribution is 2.55. The number of piperidine rings is 1. The number of nitrogens with zero attached hydrogens (tertiary/aromatic N) is 1. The van der Waals surface area contributed by atoms with E-state index in [4.69, 9.17) is 0 Å². The number of rotatable bonds is 3. The van der Waals surface area contributed by atoms with Gasteiger partial charge in [-0.05, 0) is 44.2 Å². The topological polar surface area (TPSA) is 32.3 Å². The number of hydrogen-bond acceptors (Lipinski definition) is 2. The van der Waals surface area contributed by atoms with Gasteiger partial charge in [0.15, 0.2) is 5.41 Å². The number of alkyl halides is 6. The first kappa shape index (κ1) is 19.3. The Hall–Kier alpha value is -0.990. The molecule has 24 heavy (non-hydrogen) atoms. The largest absolute Gasteiger partial charge is 0.404 e. The summed E-state index contributed by atoms with van der Waals surface area (Å²) in [5.41, 5.74) is -3.80. The second-order valence-electron chi connectivity index (χ2n) is 6.91. The van der Waals surface area contributed by atoms with E-state index in [1.54, 1.807) is 0 Å². The number of halogens is 6. The van der Waals surface area contributed by atoms with Crippen LogP contribution in [-0.2, 0) is 4.79 Å². The van der Waals surface area contributed by atoms with E-state index in [0.717, 1.165) is 30.8 Å². The van der Waals surface area contributed by atoms with Gasteiger partial charge in [-0.25, -0.2) is 0 Å². The second-order valence-corrected chi connectivity index (χ2v) is 6.91. The summed E-state index contributed by atoms with van der Waals surface area (Å²) >= 11 is 0. The van der Waals surface area contributed by atoms with Crippen molar-refractivity contribution in [1.82, 2.24) is 10.2 Å². The summed E-state index contributed by atoms with van der Waals surface area (Å²) in [5.74, 6) is -0.393. The number of hydrogen-bond donors (Lipinski definition) is 1. The first-order valence-electron chi connectivity index (χ1n) is 8.10. The Kier molecular flexibility index (Phi) is 5.42. The predicted octanol–water partition coefficient (Wildman–Crippen LogP) is 3.36. The maximum atomic E-state index is 13.0. The molecule has 1 N–H and O–H groups in total. The molecule has 0 bridgehead atoms. The third-order valence-electron chi connectivity index (χ3n) is 5.39. The van der Waals surface area contributed by atoms with Gasteiger partial charge in [0.25, 0.3) is 0 Å². The molecule has 2 heterocycles. The van der Waals surface area contributed by atoms with Crippen LogP contribution in [0.1, 0.15) is 32.6 Å². The van der Waals surface area contributed by atoms with Gasteiger partial charge in [-0.1, -0.05) is 6.92 Å². The van der Waals surface area contributed by atoms with Crippen LogP contribution < -0.4 is 5.32 Å². The van der Waals surface area contributed by atoms with Gasteiger partial charge in [0.1, 0.15) is 0 Å². The van der Waals surface area contributed by atoms with Crippen molar-refractivity contribution in [2.45, 2.75) is 45.0 Å². The van der Waals surface area contributed by atoms with E-state index in [9.17, 15) is 31.1 Å². The van der Waals surface area contributed by atoms with Gasteiger partial charge in [-0.3, -0.25) is 4.79 Å². The minimum absolute atomic E-state index is 0.00351. The fraction of sp³-hybridized carbons (Fsp3) is 0.933. The van der Waals surface area contributed by atoms with Crippen molar-refractivity contribution < 1.29 is 31.1 Å². The fourth-order valence-electron chi connectivity index (χ4n) is 3.63. The van der Waals surface area contributed by atoms with Crippen molar-refractivity contribution >= 4 is 5.91 Å². The lowest BCUT2D eigenvalue weighted by atomic mass is 9.83. The lowest BCUT2D eigenvalue weighted by molar-refractivity contribution is -0.334. The van der Waals surface area contributed by atoms with Gasteiger partial charge in [-0.15, -0.1) is 0 Å². The van der Waals surface area contributed by atoms with Crippen LogP contribution in [0.15, 0.2) is 0 Å². The molecule has 2 fully saturated rings. The molecule has 2 rings (SSSR count). The lowest BCUT2D eigenvalue weighted by Crippen LogP contribution is -2.52. The van der Waals surface area contributed by atoms with E-state index in [0.29, 0.717) is 0 Å². The van der Waals surface area contributed by atoms with Crippen molar-refractivity contribution in [3.63, 3.8) is 0 Å². The van der Waals surface area contributed by atoms with Gasteiger partial charge in [0, 0.05) is 19.5 Å². The van der Waals surface area contributed by atoms with Crippen LogP contribution >= 0.6 is 0 Å². The van der Waals surface area contributed by atoms with Crippen LogP contribution in [0, 0.1) is 17.3 Å². The molecule has 0 spiro atoms. The average molecular weight is 360 g/mol. The Morgan fingerprint density at radius 1 is 1.17 bits per heavy atom. The number of carbonyl (C=O) groups excluding carboxylic acids is 1. The first-order chi connectivity index (χ1) is 11.0. The Balaban J connectivity index is 2.02. The molecule has 2 aliphatic rings. The zero-order valence-corrected chi connectivity index (χ0v) is 13.4. The standard InChI is InChI=1S/C15H22F6N2O/c1-10(11-2-5-22-6-3-11)8-12(24)23-7-4-13(9-23,14(16,17)18)15(19,20)21/h10-11,22H,2-9H2,1H3. The Morgan fingerprint density at radius 2 is 1.71 bits per heavy atom. The summed E-state index contributed by atoms with van der Waals surface area (Å²) in [7, 11) is 0. The molecule has 1 atom stereocenters. The molecule has 0 aromatic heterocycles. The van der Waals surface area contributed by atoms with Crippen LogP contribution in [0.3, 0.4) is 0 Å². The molecule has 3 nitrogen and oxygen atoms in total. The fourth-order valence-corrected chi connectivity index (χ4v) is 3.63. The zero-order chi connectivity index (χ0) is 18.2. The van der Waals surface area contributed by atoms with Gasteiger partial charge in [-0.2, -0.15) is 26.3 Å². The highest BCUT2D eigenvalue weighted by Gasteiger charge is 2.72. The summed E-state index contributed by atoms with van der Waals surface area (Å²) in [6.07, 6.45) is -10.2. The molecule has 0 radical (unpaired) electrons. The lowest BCUT2D eigenvalue weighted by Gasteiger charge is -2.34. The highest BCUT2D eigenvalue weighted by molar-refractivity contribution is 5.76. The average Bonchev–Trinajstić information content (AvgIpc) is 2.94. The molecule has 0 aromatic carbocycles. The van der Waals surface area contributed by atoms with Crippen LogP contribution in [0.5, 0.6) is 0 Å². The van der Waals surface area contributed by atoms with Crippen molar-refractivity contribution in [2.24, 2.45) is 17.3 Å². The summed E-state index contributed by atoms with van der Waals surface area (Å²) < 4.78 is 78.2. The van der Waals surface area contributed by atoms with Gasteiger partial charge in [0.2, 0.25) is 5.91 Å². The summed E-state index contributed by atoms with van der Waals surface area (Å²) in [6.45, 7) is 1.65. The predicted molar refractivity (Wildman–Crippen MR) is 75.1 cm³/mol. The van der Waals surface area contributed by atoms with E-state index < -0.39 is 43.2 Å². The van der Waals surface area contributed by atoms with Crippen molar-refractivity contribution in [1.29, 1.82) is 0 Å². The van der Waals surface area contributed by atoms with Crippen molar-refractivity contribution in [3.8, 4) is 0 Å². The smallest absolute Gasteiger partial charge is 0.341 e. The molecule has 140 valence electrons. The molecule has 0 saturated carbocycles. The third-order valence-corrected chi connectivity index (χ3v) is 5.39. The van der Waals surface area contributed by atoms with Crippen molar-refractivity contribution in [3.05, 3.63) is 0 Å². The van der Waals surface area contributed by atoms with E-state index in [1.807, 2.05) is 6.92 Å². The van der Waals surface area contributed by atoms with E-state index in [2.05, 4.69) is 5.32 Å². The maximum Gasteiger partial charge on any atom is 0.404 e. The number of amides is 1. The zero-order valence-electron chi connectivity index (χ0n) is 13.4. The Labute approximate surface area is 136 Å². The van der Waals surface area contributed by atoms with E-state index >= 15 is 0 Å². The molecule has 0 aliphatic carbocycles. The van der Waals surface area contributed by atoms with Crippen LogP contribution in [0.4, 0.5) is 26.3 Å². The van der Waals surface area contributed by atoms with Gasteiger partial charge in [0.05, 0.1) is 0 Å². The van der Waals surface area contributed by atoms with E-state index in [1.165, 1.54) is 0 Å².